The first kappa shape index (κ1) is 16.2. The molecular weight excluding hydrogens is 337 g/mol. The molecule has 114 valence electrons. The third-order valence-corrected chi connectivity index (χ3v) is 5.62. The maximum absolute atomic E-state index is 13.3. The molecule has 0 saturated carbocycles. The van der Waals surface area contributed by atoms with Gasteiger partial charge in [0, 0.05) is 11.6 Å². The largest absolute Gasteiger partial charge is 0.396 e. The Morgan fingerprint density at radius 3 is 2.81 bits per heavy atom. The number of sulfonamides is 1. The Morgan fingerprint density at radius 1 is 1.52 bits per heavy atom. The predicted octanol–water partition coefficient (Wildman–Crippen LogP) is 2.95. The van der Waals surface area contributed by atoms with Crippen LogP contribution in [0, 0.1) is 5.82 Å². The van der Waals surface area contributed by atoms with Gasteiger partial charge < -0.3 is 5.73 Å². The first-order valence-corrected chi connectivity index (χ1v) is 8.75. The summed E-state index contributed by atoms with van der Waals surface area (Å²) in [5, 5.41) is 2.19. The van der Waals surface area contributed by atoms with Crippen molar-refractivity contribution in [2.24, 2.45) is 0 Å². The Morgan fingerprint density at radius 2 is 2.24 bits per heavy atom. The minimum absolute atomic E-state index is 0.219. The fraction of sp³-hybridized carbons (Fsp3) is 0.250. The van der Waals surface area contributed by atoms with Gasteiger partial charge in [0.15, 0.2) is 0 Å². The molecule has 21 heavy (non-hydrogen) atoms. The molecule has 1 aromatic carbocycles. The van der Waals surface area contributed by atoms with Gasteiger partial charge >= 0.3 is 0 Å². The number of nitrogens with two attached hydrogens (primary N) is 1. The highest BCUT2D eigenvalue weighted by Crippen LogP contribution is 2.28. The topological polar surface area (TPSA) is 85.1 Å². The van der Waals surface area contributed by atoms with Crippen LogP contribution >= 0.6 is 22.9 Å². The molecule has 1 atom stereocenters. The van der Waals surface area contributed by atoms with Crippen LogP contribution in [0.3, 0.4) is 0 Å². The molecule has 0 aliphatic heterocycles. The summed E-state index contributed by atoms with van der Waals surface area (Å²) in [4.78, 5) is 3.84. The molecule has 2 rings (SSSR count). The van der Waals surface area contributed by atoms with E-state index in [1.165, 1.54) is 11.3 Å². The van der Waals surface area contributed by atoms with E-state index < -0.39 is 21.9 Å². The number of nitrogens with zero attached hydrogens (tertiary/aromatic N) is 1. The van der Waals surface area contributed by atoms with Crippen molar-refractivity contribution in [3.8, 4) is 0 Å². The molecule has 0 radical (unpaired) electrons. The van der Waals surface area contributed by atoms with Gasteiger partial charge in [-0.3, -0.25) is 0 Å². The van der Waals surface area contributed by atoms with Crippen LogP contribution in [0.4, 0.5) is 10.1 Å². The molecule has 0 aliphatic rings. The molecule has 2 aromatic rings. The third-order valence-electron chi connectivity index (χ3n) is 2.80. The maximum atomic E-state index is 13.3. The zero-order valence-corrected chi connectivity index (χ0v) is 13.4. The van der Waals surface area contributed by atoms with E-state index in [1.807, 2.05) is 6.92 Å². The lowest BCUT2D eigenvalue weighted by atomic mass is 10.3. The minimum Gasteiger partial charge on any atom is -0.396 e. The molecule has 0 amide bonds. The standard InChI is InChI=1S/C12H13ClFN3O2S2/c1-2-10(12-16-3-4-20-12)17-21(18,19)11-6-9(15)8(14)5-7(11)13/h3-6,10,17H,2,15H2,1H3. The molecule has 0 spiro atoms. The average molecular weight is 350 g/mol. The van der Waals surface area contributed by atoms with Gasteiger partial charge in [0.25, 0.3) is 0 Å². The molecule has 9 heteroatoms. The van der Waals surface area contributed by atoms with Crippen molar-refractivity contribution in [1.82, 2.24) is 9.71 Å². The Bertz CT molecular complexity index is 735. The van der Waals surface area contributed by atoms with Crippen molar-refractivity contribution >= 4 is 38.6 Å². The van der Waals surface area contributed by atoms with Gasteiger partial charge in [-0.2, -0.15) is 0 Å². The fourth-order valence-corrected chi connectivity index (χ4v) is 4.40. The average Bonchev–Trinajstić information content (AvgIpc) is 2.94. The van der Waals surface area contributed by atoms with Crippen molar-refractivity contribution < 1.29 is 12.8 Å². The lowest BCUT2D eigenvalue weighted by molar-refractivity contribution is 0.548. The van der Waals surface area contributed by atoms with E-state index in [0.717, 1.165) is 12.1 Å². The summed E-state index contributed by atoms with van der Waals surface area (Å²) in [6, 6.07) is 1.42. The van der Waals surface area contributed by atoms with Crippen LogP contribution in [-0.2, 0) is 10.0 Å². The molecule has 0 aliphatic carbocycles. The minimum atomic E-state index is -3.93. The number of benzene rings is 1. The van der Waals surface area contributed by atoms with Crippen LogP contribution in [0.15, 0.2) is 28.6 Å². The van der Waals surface area contributed by atoms with Crippen LogP contribution in [0.5, 0.6) is 0 Å². The van der Waals surface area contributed by atoms with E-state index in [4.69, 9.17) is 17.3 Å². The second kappa shape index (κ2) is 6.27. The highest BCUT2D eigenvalue weighted by Gasteiger charge is 2.25. The molecule has 0 bridgehead atoms. The molecular formula is C12H13ClFN3O2S2. The molecule has 5 nitrogen and oxygen atoms in total. The molecule has 1 heterocycles. The van der Waals surface area contributed by atoms with E-state index in [9.17, 15) is 12.8 Å². The fourth-order valence-electron chi connectivity index (χ4n) is 1.72. The number of aromatic nitrogens is 1. The SMILES string of the molecule is CCC(NS(=O)(=O)c1cc(N)c(F)cc1Cl)c1nccs1. The second-order valence-corrected chi connectivity index (χ2v) is 7.27. The summed E-state index contributed by atoms with van der Waals surface area (Å²) in [6.07, 6.45) is 2.11. The van der Waals surface area contributed by atoms with Crippen LogP contribution < -0.4 is 10.5 Å². The number of hydrogen-bond acceptors (Lipinski definition) is 5. The summed E-state index contributed by atoms with van der Waals surface area (Å²) in [6.45, 7) is 1.83. The van der Waals surface area contributed by atoms with Crippen molar-refractivity contribution in [3.63, 3.8) is 0 Å². The van der Waals surface area contributed by atoms with Gasteiger partial charge in [-0.05, 0) is 18.6 Å². The summed E-state index contributed by atoms with van der Waals surface area (Å²) in [7, 11) is -3.93. The van der Waals surface area contributed by atoms with Crippen LogP contribution in [0.25, 0.3) is 0 Å². The van der Waals surface area contributed by atoms with Gasteiger partial charge in [0.1, 0.15) is 15.7 Å². The monoisotopic (exact) mass is 349 g/mol. The lowest BCUT2D eigenvalue weighted by Crippen LogP contribution is -2.28. The molecule has 1 unspecified atom stereocenters. The first-order valence-electron chi connectivity index (χ1n) is 6.01. The van der Waals surface area contributed by atoms with Gasteiger partial charge in [-0.15, -0.1) is 11.3 Å². The third kappa shape index (κ3) is 3.52. The highest BCUT2D eigenvalue weighted by atomic mass is 35.5. The first-order chi connectivity index (χ1) is 9.85. The number of rotatable bonds is 5. The van der Waals surface area contributed by atoms with Gasteiger partial charge in [-0.1, -0.05) is 18.5 Å². The number of halogens is 2. The Labute approximate surface area is 131 Å². The van der Waals surface area contributed by atoms with Crippen molar-refractivity contribution in [3.05, 3.63) is 39.6 Å². The van der Waals surface area contributed by atoms with Crippen LogP contribution in [0.2, 0.25) is 5.02 Å². The Hall–Kier alpha value is -1.22. The normalized spacial score (nSPS) is 13.3. The van der Waals surface area contributed by atoms with Gasteiger partial charge in [0.2, 0.25) is 10.0 Å². The second-order valence-electron chi connectivity index (χ2n) is 4.26. The number of thiazole rings is 1. The molecule has 1 aromatic heterocycles. The van der Waals surface area contributed by atoms with Gasteiger partial charge in [0.05, 0.1) is 16.8 Å². The van der Waals surface area contributed by atoms with E-state index >= 15 is 0 Å². The maximum Gasteiger partial charge on any atom is 0.242 e. The summed E-state index contributed by atoms with van der Waals surface area (Å²) in [5.41, 5.74) is 5.13. The smallest absolute Gasteiger partial charge is 0.242 e. The zero-order valence-electron chi connectivity index (χ0n) is 11.0. The highest BCUT2D eigenvalue weighted by molar-refractivity contribution is 7.89. The van der Waals surface area contributed by atoms with E-state index in [-0.39, 0.29) is 15.6 Å². The van der Waals surface area contributed by atoms with Crippen LogP contribution in [-0.4, -0.2) is 13.4 Å². The van der Waals surface area contributed by atoms with E-state index in [1.54, 1.807) is 11.6 Å². The molecule has 0 saturated heterocycles. The van der Waals surface area contributed by atoms with Crippen molar-refractivity contribution in [1.29, 1.82) is 0 Å². The zero-order chi connectivity index (χ0) is 15.6. The predicted molar refractivity (Wildman–Crippen MR) is 81.3 cm³/mol. The van der Waals surface area contributed by atoms with Crippen molar-refractivity contribution in [2.75, 3.05) is 5.73 Å². The van der Waals surface area contributed by atoms with Crippen molar-refractivity contribution in [2.45, 2.75) is 24.3 Å². The molecule has 0 fully saturated rings. The molecule has 3 N–H and O–H groups in total. The quantitative estimate of drug-likeness (QED) is 0.813. The number of hydrogen-bond donors (Lipinski definition) is 2. The van der Waals surface area contributed by atoms with Gasteiger partial charge in [-0.25, -0.2) is 22.5 Å². The summed E-state index contributed by atoms with van der Waals surface area (Å²) >= 11 is 7.16. The summed E-state index contributed by atoms with van der Waals surface area (Å²) < 4.78 is 40.5. The number of anilines is 1. The van der Waals surface area contributed by atoms with Crippen LogP contribution in [0.1, 0.15) is 24.4 Å². The Balaban J connectivity index is 2.36. The van der Waals surface area contributed by atoms with E-state index in [0.29, 0.717) is 11.4 Å². The lowest BCUT2D eigenvalue weighted by Gasteiger charge is -2.16. The Kier molecular flexibility index (Phi) is 4.82. The van der Waals surface area contributed by atoms with E-state index in [2.05, 4.69) is 9.71 Å². The number of nitrogens with one attached hydrogen (secondary N) is 1. The number of nitrogen functional groups attached to an aromatic ring is 1. The summed E-state index contributed by atoms with van der Waals surface area (Å²) in [5.74, 6) is -0.758.